The number of rotatable bonds is 3. The van der Waals surface area contributed by atoms with E-state index < -0.39 is 11.7 Å². The van der Waals surface area contributed by atoms with Crippen molar-refractivity contribution in [2.45, 2.75) is 52.2 Å². The monoisotopic (exact) mass is 174 g/mol. The predicted octanol–water partition coefficient (Wildman–Crippen LogP) is 1.49. The van der Waals surface area contributed by atoms with E-state index in [9.17, 15) is 4.79 Å². The smallest absolute Gasteiger partial charge is 0.306 e. The topological polar surface area (TPSA) is 46.5 Å². The van der Waals surface area contributed by atoms with Crippen LogP contribution in [-0.2, 0) is 9.53 Å². The first-order chi connectivity index (χ1) is 5.31. The van der Waals surface area contributed by atoms with Crippen molar-refractivity contribution in [3.8, 4) is 0 Å². The molecule has 0 bridgehead atoms. The molecule has 0 rings (SSSR count). The number of hydrogen-bond donors (Lipinski definition) is 1. The van der Waals surface area contributed by atoms with Gasteiger partial charge >= 0.3 is 5.97 Å². The molecule has 0 aliphatic rings. The van der Waals surface area contributed by atoms with E-state index in [1.54, 1.807) is 6.92 Å². The van der Waals surface area contributed by atoms with E-state index in [0.29, 0.717) is 6.42 Å². The molecule has 0 aromatic carbocycles. The lowest BCUT2D eigenvalue weighted by Crippen LogP contribution is -2.24. The lowest BCUT2D eigenvalue weighted by molar-refractivity contribution is -0.155. The molecular weight excluding hydrogens is 156 g/mol. The van der Waals surface area contributed by atoms with Crippen LogP contribution in [0, 0.1) is 0 Å². The number of carbonyl (C=O) groups is 1. The Balaban J connectivity index is 3.61. The van der Waals surface area contributed by atoms with Gasteiger partial charge in [0.05, 0.1) is 6.10 Å². The van der Waals surface area contributed by atoms with E-state index in [1.807, 2.05) is 20.8 Å². The highest BCUT2D eigenvalue weighted by Crippen LogP contribution is 2.09. The van der Waals surface area contributed by atoms with Gasteiger partial charge in [-0.05, 0) is 34.1 Å². The van der Waals surface area contributed by atoms with Gasteiger partial charge in [-0.1, -0.05) is 0 Å². The van der Waals surface area contributed by atoms with Crippen LogP contribution >= 0.6 is 0 Å². The Hall–Kier alpha value is -0.570. The molecule has 0 heterocycles. The summed E-state index contributed by atoms with van der Waals surface area (Å²) in [5, 5.41) is 8.89. The number of hydrogen-bond acceptors (Lipinski definition) is 3. The van der Waals surface area contributed by atoms with Gasteiger partial charge in [0, 0.05) is 6.42 Å². The Morgan fingerprint density at radius 2 is 2.00 bits per heavy atom. The van der Waals surface area contributed by atoms with Crippen LogP contribution in [-0.4, -0.2) is 22.8 Å². The minimum absolute atomic E-state index is 0.247. The average Bonchev–Trinajstić information content (AvgIpc) is 1.79. The zero-order chi connectivity index (χ0) is 9.78. The minimum atomic E-state index is -0.433. The summed E-state index contributed by atoms with van der Waals surface area (Å²) in [6, 6.07) is 0. The van der Waals surface area contributed by atoms with E-state index >= 15 is 0 Å². The van der Waals surface area contributed by atoms with Gasteiger partial charge in [-0.25, -0.2) is 0 Å². The van der Waals surface area contributed by atoms with Crippen LogP contribution in [0.5, 0.6) is 0 Å². The van der Waals surface area contributed by atoms with Gasteiger partial charge in [-0.2, -0.15) is 0 Å². The molecule has 0 unspecified atom stereocenters. The van der Waals surface area contributed by atoms with Crippen molar-refractivity contribution in [3.63, 3.8) is 0 Å². The Morgan fingerprint density at radius 3 is 2.33 bits per heavy atom. The molecule has 1 N–H and O–H groups in total. The highest BCUT2D eigenvalue weighted by atomic mass is 16.6. The largest absolute Gasteiger partial charge is 0.460 e. The van der Waals surface area contributed by atoms with Gasteiger partial charge in [0.15, 0.2) is 0 Å². The van der Waals surface area contributed by atoms with Crippen molar-refractivity contribution in [3.05, 3.63) is 0 Å². The van der Waals surface area contributed by atoms with E-state index in [2.05, 4.69) is 0 Å². The van der Waals surface area contributed by atoms with E-state index in [4.69, 9.17) is 9.84 Å². The van der Waals surface area contributed by atoms with Crippen LogP contribution in [0.2, 0.25) is 0 Å². The molecule has 0 spiro atoms. The van der Waals surface area contributed by atoms with Gasteiger partial charge in [0.2, 0.25) is 0 Å². The third kappa shape index (κ3) is 7.54. The normalized spacial score (nSPS) is 14.1. The molecule has 1 atom stereocenters. The molecule has 0 aliphatic carbocycles. The lowest BCUT2D eigenvalue weighted by Gasteiger charge is -2.19. The summed E-state index contributed by atoms with van der Waals surface area (Å²) < 4.78 is 5.04. The van der Waals surface area contributed by atoms with Gasteiger partial charge in [-0.3, -0.25) is 4.79 Å². The van der Waals surface area contributed by atoms with Crippen LogP contribution in [0.1, 0.15) is 40.5 Å². The van der Waals surface area contributed by atoms with Crippen LogP contribution in [0.15, 0.2) is 0 Å². The van der Waals surface area contributed by atoms with E-state index in [-0.39, 0.29) is 12.4 Å². The summed E-state index contributed by atoms with van der Waals surface area (Å²) in [5.41, 5.74) is -0.421. The van der Waals surface area contributed by atoms with Gasteiger partial charge in [0.1, 0.15) is 5.60 Å². The summed E-state index contributed by atoms with van der Waals surface area (Å²) in [5.74, 6) is -0.247. The van der Waals surface area contributed by atoms with Crippen molar-refractivity contribution in [2.24, 2.45) is 0 Å². The molecule has 0 radical (unpaired) electrons. The van der Waals surface area contributed by atoms with Gasteiger partial charge < -0.3 is 9.84 Å². The second-order valence-electron chi connectivity index (χ2n) is 3.97. The molecule has 3 nitrogen and oxygen atoms in total. The molecule has 0 aliphatic heterocycles. The first-order valence-corrected chi connectivity index (χ1v) is 4.21. The molecule has 72 valence electrons. The fourth-order valence-electron chi connectivity index (χ4n) is 0.719. The second-order valence-corrected chi connectivity index (χ2v) is 3.97. The van der Waals surface area contributed by atoms with Crippen molar-refractivity contribution in [1.82, 2.24) is 0 Å². The molecule has 0 aromatic rings. The molecule has 0 fully saturated rings. The Kier molecular flexibility index (Phi) is 4.24. The predicted molar refractivity (Wildman–Crippen MR) is 46.8 cm³/mol. The van der Waals surface area contributed by atoms with Gasteiger partial charge in [0.25, 0.3) is 0 Å². The zero-order valence-corrected chi connectivity index (χ0v) is 8.26. The molecule has 0 amide bonds. The Labute approximate surface area is 73.7 Å². The van der Waals surface area contributed by atoms with Gasteiger partial charge in [-0.15, -0.1) is 0 Å². The van der Waals surface area contributed by atoms with Crippen LogP contribution < -0.4 is 0 Å². The zero-order valence-electron chi connectivity index (χ0n) is 8.26. The van der Waals surface area contributed by atoms with Crippen LogP contribution in [0.4, 0.5) is 0 Å². The fraction of sp³-hybridized carbons (Fsp3) is 0.889. The summed E-state index contributed by atoms with van der Waals surface area (Å²) in [4.78, 5) is 11.0. The van der Waals surface area contributed by atoms with Crippen molar-refractivity contribution in [2.75, 3.05) is 0 Å². The molecular formula is C9H18O3. The molecule has 12 heavy (non-hydrogen) atoms. The van der Waals surface area contributed by atoms with Crippen LogP contribution in [0.25, 0.3) is 0 Å². The number of carbonyl (C=O) groups excluding carboxylic acids is 1. The highest BCUT2D eigenvalue weighted by molar-refractivity contribution is 5.69. The summed E-state index contributed by atoms with van der Waals surface area (Å²) >= 11 is 0. The quantitative estimate of drug-likeness (QED) is 0.659. The van der Waals surface area contributed by atoms with E-state index in [0.717, 1.165) is 0 Å². The maximum atomic E-state index is 11.0. The lowest BCUT2D eigenvalue weighted by atomic mass is 10.2. The molecule has 0 saturated carbocycles. The van der Waals surface area contributed by atoms with Crippen molar-refractivity contribution in [1.29, 1.82) is 0 Å². The SMILES string of the molecule is C[C@@H](O)CCC(=O)OC(C)(C)C. The fourth-order valence-corrected chi connectivity index (χ4v) is 0.719. The molecule has 3 heteroatoms. The molecule has 0 aromatic heterocycles. The minimum Gasteiger partial charge on any atom is -0.460 e. The summed E-state index contributed by atoms with van der Waals surface area (Å²) in [6.45, 7) is 7.14. The average molecular weight is 174 g/mol. The third-order valence-corrected chi connectivity index (χ3v) is 1.19. The number of esters is 1. The summed E-state index contributed by atoms with van der Waals surface area (Å²) in [7, 11) is 0. The Morgan fingerprint density at radius 1 is 1.50 bits per heavy atom. The van der Waals surface area contributed by atoms with Crippen molar-refractivity contribution >= 4 is 5.97 Å². The number of ether oxygens (including phenoxy) is 1. The maximum absolute atomic E-state index is 11.0. The maximum Gasteiger partial charge on any atom is 0.306 e. The number of aliphatic hydroxyl groups is 1. The van der Waals surface area contributed by atoms with Crippen LogP contribution in [0.3, 0.4) is 0 Å². The Bertz CT molecular complexity index is 144. The first kappa shape index (κ1) is 11.4. The third-order valence-electron chi connectivity index (χ3n) is 1.19. The van der Waals surface area contributed by atoms with E-state index in [1.165, 1.54) is 0 Å². The van der Waals surface area contributed by atoms with Crippen molar-refractivity contribution < 1.29 is 14.6 Å². The number of aliphatic hydroxyl groups excluding tert-OH is 1. The standard InChI is InChI=1S/C9H18O3/c1-7(10)5-6-8(11)12-9(2,3)4/h7,10H,5-6H2,1-4H3/t7-/m1/s1. The summed E-state index contributed by atoms with van der Waals surface area (Å²) in [6.07, 6.45) is 0.321. The first-order valence-electron chi connectivity index (χ1n) is 4.21. The second kappa shape index (κ2) is 4.45. The molecule has 0 saturated heterocycles. The highest BCUT2D eigenvalue weighted by Gasteiger charge is 2.16.